The molecule has 0 spiro atoms. The molecule has 4 aromatic rings. The van der Waals surface area contributed by atoms with E-state index in [1.165, 1.54) is 0 Å². The van der Waals surface area contributed by atoms with Gasteiger partial charge in [0, 0.05) is 69.1 Å². The lowest BCUT2D eigenvalue weighted by molar-refractivity contribution is -0.00378. The summed E-state index contributed by atoms with van der Waals surface area (Å²) in [5.41, 5.74) is 5.67. The van der Waals surface area contributed by atoms with Crippen molar-refractivity contribution in [2.45, 2.75) is 38.5 Å². The average Bonchev–Trinajstić information content (AvgIpc) is 3.11. The molecule has 0 radical (unpaired) electrons. The van der Waals surface area contributed by atoms with Gasteiger partial charge in [-0.2, -0.15) is 5.26 Å². The van der Waals surface area contributed by atoms with Crippen molar-refractivity contribution in [2.75, 3.05) is 54.6 Å². The Kier molecular flexibility index (Phi) is 10.9. The van der Waals surface area contributed by atoms with Gasteiger partial charge in [0.1, 0.15) is 53.8 Å². The summed E-state index contributed by atoms with van der Waals surface area (Å²) in [6.07, 6.45) is -0.591. The molecule has 50 heavy (non-hydrogen) atoms. The smallest absolute Gasteiger partial charge is 0.130 e. The number of hydrogen-bond donors (Lipinski definition) is 2. The molecule has 0 aliphatic carbocycles. The Morgan fingerprint density at radius 3 is 1.60 bits per heavy atom. The third-order valence-corrected chi connectivity index (χ3v) is 9.10. The highest BCUT2D eigenvalue weighted by molar-refractivity contribution is 5.72. The Bertz CT molecular complexity index is 1800. The average molecular weight is 682 g/mol. The minimum absolute atomic E-state index is 0.168. The van der Waals surface area contributed by atoms with Gasteiger partial charge in [-0.1, -0.05) is 36.4 Å². The van der Waals surface area contributed by atoms with E-state index < -0.39 is 0 Å². The molecule has 11 heteroatoms. The highest BCUT2D eigenvalue weighted by Crippen LogP contribution is 2.38. The van der Waals surface area contributed by atoms with Crippen LogP contribution in [0.2, 0.25) is 0 Å². The lowest BCUT2D eigenvalue weighted by Gasteiger charge is -2.36. The number of ether oxygens (including phenoxy) is 6. The van der Waals surface area contributed by atoms with Crippen LogP contribution in [0.25, 0.3) is 11.1 Å². The number of methoxy groups -OCH3 is 4. The van der Waals surface area contributed by atoms with Crippen LogP contribution in [-0.2, 0) is 26.3 Å². The number of rotatable bonds is 15. The number of nitrogens with zero attached hydrogens (tertiary/aromatic N) is 3. The molecule has 2 aliphatic heterocycles. The summed E-state index contributed by atoms with van der Waals surface area (Å²) >= 11 is 0. The molecule has 6 rings (SSSR count). The maximum atomic E-state index is 10.3. The van der Waals surface area contributed by atoms with Crippen molar-refractivity contribution in [3.05, 3.63) is 94.5 Å². The monoisotopic (exact) mass is 681 g/mol. The number of likely N-dealkylation sites (tertiary alicyclic amines) is 2. The van der Waals surface area contributed by atoms with E-state index in [-0.39, 0.29) is 18.8 Å². The molecule has 0 amide bonds. The van der Waals surface area contributed by atoms with Crippen LogP contribution in [0.15, 0.2) is 66.7 Å². The summed E-state index contributed by atoms with van der Waals surface area (Å²) in [6.45, 7) is 4.12. The summed E-state index contributed by atoms with van der Waals surface area (Å²) < 4.78 is 35.1. The normalized spacial score (nSPS) is 15.1. The van der Waals surface area contributed by atoms with Crippen molar-refractivity contribution < 1.29 is 38.6 Å². The number of β-amino-alcohol motifs (C(OH)–C–C–N with tert-alkyl or cyclic N) is 2. The van der Waals surface area contributed by atoms with Gasteiger partial charge in [0.25, 0.3) is 0 Å². The molecular weight excluding hydrogens is 638 g/mol. The van der Waals surface area contributed by atoms with Crippen LogP contribution in [0.3, 0.4) is 0 Å². The van der Waals surface area contributed by atoms with E-state index in [1.807, 2.05) is 66.7 Å². The van der Waals surface area contributed by atoms with Crippen molar-refractivity contribution in [3.63, 3.8) is 0 Å². The summed E-state index contributed by atoms with van der Waals surface area (Å²) in [5.74, 6) is 3.75. The Hall–Kier alpha value is -4.99. The van der Waals surface area contributed by atoms with E-state index in [1.54, 1.807) is 28.4 Å². The molecule has 4 aromatic carbocycles. The van der Waals surface area contributed by atoms with Gasteiger partial charge >= 0.3 is 0 Å². The fraction of sp³-hybridized carbons (Fsp3) is 0.359. The summed E-state index contributed by atoms with van der Waals surface area (Å²) in [5, 5.41) is 29.7. The predicted molar refractivity (Wildman–Crippen MR) is 187 cm³/mol. The first-order valence-corrected chi connectivity index (χ1v) is 16.5. The van der Waals surface area contributed by atoms with E-state index in [0.717, 1.165) is 33.4 Å². The molecule has 0 saturated carbocycles. The lowest BCUT2D eigenvalue weighted by Crippen LogP contribution is -2.49. The predicted octanol–water partition coefficient (Wildman–Crippen LogP) is 4.77. The molecule has 262 valence electrons. The van der Waals surface area contributed by atoms with Crippen LogP contribution < -0.4 is 28.4 Å². The molecule has 2 saturated heterocycles. The SMILES string of the molecule is COc1cc(OCc2cccc(-c3cccc(COc4cc(OC)c(CN5CC(O)C5)c(OC)c4)c3C#N)c2)cc(OC)c1CN1CC(O)C1. The van der Waals surface area contributed by atoms with Crippen molar-refractivity contribution in [1.82, 2.24) is 9.80 Å². The van der Waals surface area contributed by atoms with Crippen LogP contribution in [0.4, 0.5) is 0 Å². The maximum absolute atomic E-state index is 10.3. The largest absolute Gasteiger partial charge is 0.496 e. The number of benzene rings is 4. The van der Waals surface area contributed by atoms with E-state index in [9.17, 15) is 15.5 Å². The summed E-state index contributed by atoms with van der Waals surface area (Å²) in [4.78, 5) is 4.24. The molecule has 2 fully saturated rings. The van der Waals surface area contributed by atoms with Gasteiger partial charge in [0.15, 0.2) is 0 Å². The van der Waals surface area contributed by atoms with Gasteiger partial charge in [-0.05, 0) is 22.8 Å². The quantitative estimate of drug-likeness (QED) is 0.180. The van der Waals surface area contributed by atoms with Gasteiger partial charge in [-0.15, -0.1) is 0 Å². The topological polar surface area (TPSA) is 126 Å². The first-order valence-electron chi connectivity index (χ1n) is 16.5. The van der Waals surface area contributed by atoms with Crippen molar-refractivity contribution in [2.24, 2.45) is 0 Å². The molecule has 2 aliphatic rings. The van der Waals surface area contributed by atoms with Gasteiger partial charge in [-0.3, -0.25) is 9.80 Å². The number of aliphatic hydroxyl groups excluding tert-OH is 2. The first-order chi connectivity index (χ1) is 24.3. The van der Waals surface area contributed by atoms with E-state index in [2.05, 4.69) is 15.9 Å². The maximum Gasteiger partial charge on any atom is 0.130 e. The number of aliphatic hydroxyl groups is 2. The molecule has 0 atom stereocenters. The third kappa shape index (κ3) is 7.74. The van der Waals surface area contributed by atoms with Crippen molar-refractivity contribution in [1.29, 1.82) is 5.26 Å². The van der Waals surface area contributed by atoms with Gasteiger partial charge in [0.05, 0.1) is 57.3 Å². The first kappa shape index (κ1) is 34.9. The number of hydrogen-bond acceptors (Lipinski definition) is 11. The zero-order valence-electron chi connectivity index (χ0n) is 28.8. The summed E-state index contributed by atoms with van der Waals surface area (Å²) in [6, 6.07) is 23.4. The zero-order chi connectivity index (χ0) is 35.2. The standard InChI is InChI=1S/C39H43N3O8/c1-45-36-12-30(13-37(46-2)34(36)21-41-17-28(43)18-41)49-23-25-7-5-8-26(11-25)32-10-6-9-27(33(32)16-40)24-50-31-14-38(47-3)35(39(15-31)48-4)22-42-19-29(44)20-42/h5-15,28-29,43-44H,17-24H2,1-4H3. The van der Waals surface area contributed by atoms with Crippen LogP contribution in [0, 0.1) is 11.3 Å². The van der Waals surface area contributed by atoms with Gasteiger partial charge in [-0.25, -0.2) is 0 Å². The van der Waals surface area contributed by atoms with Crippen LogP contribution >= 0.6 is 0 Å². The fourth-order valence-corrected chi connectivity index (χ4v) is 6.44. The fourth-order valence-electron chi connectivity index (χ4n) is 6.44. The zero-order valence-corrected chi connectivity index (χ0v) is 28.8. The van der Waals surface area contributed by atoms with Crippen LogP contribution in [-0.4, -0.2) is 86.8 Å². The Balaban J connectivity index is 1.16. The Morgan fingerprint density at radius 1 is 0.660 bits per heavy atom. The van der Waals surface area contributed by atoms with Crippen molar-refractivity contribution >= 4 is 0 Å². The molecule has 2 N–H and O–H groups in total. The summed E-state index contributed by atoms with van der Waals surface area (Å²) in [7, 11) is 6.45. The molecule has 2 heterocycles. The number of nitriles is 1. The van der Waals surface area contributed by atoms with Gasteiger partial charge < -0.3 is 38.6 Å². The molecule has 0 aromatic heterocycles. The van der Waals surface area contributed by atoms with Gasteiger partial charge in [0.2, 0.25) is 0 Å². The lowest BCUT2D eigenvalue weighted by atomic mass is 9.95. The highest BCUT2D eigenvalue weighted by atomic mass is 16.5. The third-order valence-electron chi connectivity index (χ3n) is 9.10. The molecular formula is C39H43N3O8. The second-order valence-electron chi connectivity index (χ2n) is 12.5. The van der Waals surface area contributed by atoms with Crippen molar-refractivity contribution in [3.8, 4) is 51.7 Å². The minimum Gasteiger partial charge on any atom is -0.496 e. The molecule has 0 bridgehead atoms. The Morgan fingerprint density at radius 2 is 1.14 bits per heavy atom. The van der Waals surface area contributed by atoms with E-state index >= 15 is 0 Å². The highest BCUT2D eigenvalue weighted by Gasteiger charge is 2.28. The molecule has 11 nitrogen and oxygen atoms in total. The van der Waals surface area contributed by atoms with E-state index in [4.69, 9.17) is 28.4 Å². The second-order valence-corrected chi connectivity index (χ2v) is 12.5. The van der Waals surface area contributed by atoms with Crippen LogP contribution in [0.5, 0.6) is 34.5 Å². The Labute approximate surface area is 292 Å². The second kappa shape index (κ2) is 15.7. The van der Waals surface area contributed by atoms with Crippen LogP contribution in [0.1, 0.15) is 27.8 Å². The van der Waals surface area contributed by atoms with E-state index in [0.29, 0.717) is 85.9 Å². The minimum atomic E-state index is -0.300. The molecule has 0 unspecified atom stereocenters.